The molecule has 0 fully saturated rings. The molecule has 0 saturated carbocycles. The monoisotopic (exact) mass is 335 g/mol. The van der Waals surface area contributed by atoms with Crippen molar-refractivity contribution < 1.29 is 0 Å². The van der Waals surface area contributed by atoms with Gasteiger partial charge in [0.2, 0.25) is 0 Å². The van der Waals surface area contributed by atoms with Crippen LogP contribution < -0.4 is 5.73 Å². The third-order valence-corrected chi connectivity index (χ3v) is 4.79. The third-order valence-electron chi connectivity index (χ3n) is 2.89. The number of hydrogen-bond acceptors (Lipinski definition) is 2. The summed E-state index contributed by atoms with van der Waals surface area (Å²) in [6.45, 7) is 4.17. The molecule has 0 saturated heterocycles. The van der Waals surface area contributed by atoms with Crippen LogP contribution in [0.5, 0.6) is 0 Å². The van der Waals surface area contributed by atoms with E-state index in [-0.39, 0.29) is 6.04 Å². The summed E-state index contributed by atoms with van der Waals surface area (Å²) in [4.78, 5) is 2.55. The Morgan fingerprint density at radius 3 is 2.58 bits per heavy atom. The van der Waals surface area contributed by atoms with E-state index >= 15 is 0 Å². The summed E-state index contributed by atoms with van der Waals surface area (Å²) in [6.07, 6.45) is 0.899. The molecule has 0 aliphatic carbocycles. The van der Waals surface area contributed by atoms with Gasteiger partial charge in [0.25, 0.3) is 0 Å². The standard InChI is InChI=1S/C16H18BrNS/c1-11-5-3-4-6-16(11)19-14-8-7-13(9-12(2)18)15(17)10-14/h3-8,10,12H,9,18H2,1-2H3. The molecule has 0 aromatic heterocycles. The second kappa shape index (κ2) is 6.60. The van der Waals surface area contributed by atoms with Crippen LogP contribution in [0.25, 0.3) is 0 Å². The lowest BCUT2D eigenvalue weighted by Gasteiger charge is -2.10. The van der Waals surface area contributed by atoms with Crippen LogP contribution in [0, 0.1) is 6.92 Å². The zero-order valence-corrected chi connectivity index (χ0v) is 13.6. The molecule has 0 aliphatic rings. The highest BCUT2D eigenvalue weighted by atomic mass is 79.9. The summed E-state index contributed by atoms with van der Waals surface area (Å²) < 4.78 is 1.14. The van der Waals surface area contributed by atoms with Crippen molar-refractivity contribution in [1.29, 1.82) is 0 Å². The summed E-state index contributed by atoms with van der Waals surface area (Å²) in [5, 5.41) is 0. The Morgan fingerprint density at radius 1 is 1.21 bits per heavy atom. The minimum Gasteiger partial charge on any atom is -0.328 e. The molecule has 0 spiro atoms. The molecular weight excluding hydrogens is 318 g/mol. The lowest BCUT2D eigenvalue weighted by molar-refractivity contribution is 0.735. The fourth-order valence-corrected chi connectivity index (χ4v) is 3.54. The molecule has 2 rings (SSSR count). The Hall–Kier alpha value is -0.770. The smallest absolute Gasteiger partial charge is 0.0219 e. The summed E-state index contributed by atoms with van der Waals surface area (Å²) >= 11 is 5.43. The van der Waals surface area contributed by atoms with Crippen LogP contribution in [-0.4, -0.2) is 6.04 Å². The molecule has 0 radical (unpaired) electrons. The first-order chi connectivity index (χ1) is 9.06. The summed E-state index contributed by atoms with van der Waals surface area (Å²) in [7, 11) is 0. The fourth-order valence-electron chi connectivity index (χ4n) is 1.90. The van der Waals surface area contributed by atoms with Gasteiger partial charge in [0.05, 0.1) is 0 Å². The Morgan fingerprint density at radius 2 is 1.95 bits per heavy atom. The number of aryl methyl sites for hydroxylation is 1. The van der Waals surface area contributed by atoms with Gasteiger partial charge in [-0.2, -0.15) is 0 Å². The Bertz CT molecular complexity index is 566. The van der Waals surface area contributed by atoms with Gasteiger partial charge in [-0.05, 0) is 49.6 Å². The van der Waals surface area contributed by atoms with Crippen molar-refractivity contribution in [1.82, 2.24) is 0 Å². The molecule has 3 heteroatoms. The van der Waals surface area contributed by atoms with Gasteiger partial charge in [0, 0.05) is 20.3 Å². The van der Waals surface area contributed by atoms with Crippen molar-refractivity contribution in [2.45, 2.75) is 36.1 Å². The maximum atomic E-state index is 5.85. The van der Waals surface area contributed by atoms with E-state index in [4.69, 9.17) is 5.73 Å². The fraction of sp³-hybridized carbons (Fsp3) is 0.250. The molecule has 1 unspecified atom stereocenters. The normalized spacial score (nSPS) is 12.4. The molecule has 19 heavy (non-hydrogen) atoms. The molecule has 2 aromatic rings. The lowest BCUT2D eigenvalue weighted by atomic mass is 10.1. The second-order valence-corrected chi connectivity index (χ2v) is 6.77. The highest BCUT2D eigenvalue weighted by Gasteiger charge is 2.06. The molecule has 2 N–H and O–H groups in total. The van der Waals surface area contributed by atoms with Gasteiger partial charge in [-0.25, -0.2) is 0 Å². The molecule has 0 amide bonds. The van der Waals surface area contributed by atoms with Gasteiger partial charge in [0.15, 0.2) is 0 Å². The average molecular weight is 336 g/mol. The maximum absolute atomic E-state index is 5.85. The van der Waals surface area contributed by atoms with Crippen molar-refractivity contribution in [3.05, 3.63) is 58.1 Å². The number of rotatable bonds is 4. The first kappa shape index (κ1) is 14.6. The van der Waals surface area contributed by atoms with Crippen molar-refractivity contribution in [2.24, 2.45) is 5.73 Å². The molecule has 100 valence electrons. The predicted octanol–water partition coefficient (Wildman–Crippen LogP) is 4.80. The summed E-state index contributed by atoms with van der Waals surface area (Å²) in [6, 6.07) is 15.1. The Labute approximate surface area is 127 Å². The zero-order valence-electron chi connectivity index (χ0n) is 11.2. The van der Waals surface area contributed by atoms with Crippen molar-refractivity contribution in [3.8, 4) is 0 Å². The minimum absolute atomic E-state index is 0.186. The highest BCUT2D eigenvalue weighted by molar-refractivity contribution is 9.10. The van der Waals surface area contributed by atoms with Crippen LogP contribution in [-0.2, 0) is 6.42 Å². The second-order valence-electron chi connectivity index (χ2n) is 4.80. The molecular formula is C16H18BrNS. The first-order valence-electron chi connectivity index (χ1n) is 6.34. The van der Waals surface area contributed by atoms with Crippen molar-refractivity contribution in [2.75, 3.05) is 0 Å². The van der Waals surface area contributed by atoms with Gasteiger partial charge in [-0.1, -0.05) is 52.0 Å². The average Bonchev–Trinajstić information content (AvgIpc) is 2.35. The number of benzene rings is 2. The van der Waals surface area contributed by atoms with Crippen LogP contribution in [0.4, 0.5) is 0 Å². The SMILES string of the molecule is Cc1ccccc1Sc1ccc(CC(C)N)c(Br)c1. The van der Waals surface area contributed by atoms with Crippen molar-refractivity contribution in [3.63, 3.8) is 0 Å². The largest absolute Gasteiger partial charge is 0.328 e. The quantitative estimate of drug-likeness (QED) is 0.868. The van der Waals surface area contributed by atoms with Crippen LogP contribution in [0.1, 0.15) is 18.1 Å². The van der Waals surface area contributed by atoms with E-state index in [0.717, 1.165) is 10.9 Å². The number of nitrogens with two attached hydrogens (primary N) is 1. The lowest BCUT2D eigenvalue weighted by Crippen LogP contribution is -2.17. The van der Waals surface area contributed by atoms with Crippen molar-refractivity contribution >= 4 is 27.7 Å². The van der Waals surface area contributed by atoms with E-state index in [2.05, 4.69) is 65.3 Å². The predicted molar refractivity (Wildman–Crippen MR) is 86.8 cm³/mol. The third kappa shape index (κ3) is 4.10. The molecule has 2 aromatic carbocycles. The highest BCUT2D eigenvalue weighted by Crippen LogP contribution is 2.32. The van der Waals surface area contributed by atoms with Gasteiger partial charge in [0.1, 0.15) is 0 Å². The topological polar surface area (TPSA) is 26.0 Å². The van der Waals surface area contributed by atoms with E-state index in [9.17, 15) is 0 Å². The van der Waals surface area contributed by atoms with Gasteiger partial charge in [-0.15, -0.1) is 0 Å². The Kier molecular flexibility index (Phi) is 5.08. The van der Waals surface area contributed by atoms with E-state index in [1.807, 2.05) is 6.92 Å². The van der Waals surface area contributed by atoms with E-state index in [1.165, 1.54) is 20.9 Å². The summed E-state index contributed by atoms with van der Waals surface area (Å²) in [5.41, 5.74) is 8.43. The van der Waals surface area contributed by atoms with E-state index in [1.54, 1.807) is 11.8 Å². The molecule has 0 aliphatic heterocycles. The van der Waals surface area contributed by atoms with E-state index in [0.29, 0.717) is 0 Å². The van der Waals surface area contributed by atoms with Crippen LogP contribution in [0.15, 0.2) is 56.7 Å². The van der Waals surface area contributed by atoms with Gasteiger partial charge in [-0.3, -0.25) is 0 Å². The van der Waals surface area contributed by atoms with Gasteiger partial charge < -0.3 is 5.73 Å². The Balaban J connectivity index is 2.19. The molecule has 1 nitrogen and oxygen atoms in total. The summed E-state index contributed by atoms with van der Waals surface area (Å²) in [5.74, 6) is 0. The van der Waals surface area contributed by atoms with Crippen LogP contribution in [0.2, 0.25) is 0 Å². The molecule has 0 heterocycles. The minimum atomic E-state index is 0.186. The zero-order chi connectivity index (χ0) is 13.8. The first-order valence-corrected chi connectivity index (χ1v) is 7.94. The molecule has 1 atom stereocenters. The number of hydrogen-bond donors (Lipinski definition) is 1. The van der Waals surface area contributed by atoms with Gasteiger partial charge >= 0.3 is 0 Å². The maximum Gasteiger partial charge on any atom is 0.0219 e. The van der Waals surface area contributed by atoms with E-state index < -0.39 is 0 Å². The van der Waals surface area contributed by atoms with Crippen LogP contribution >= 0.6 is 27.7 Å². The molecule has 0 bridgehead atoms. The van der Waals surface area contributed by atoms with Crippen LogP contribution in [0.3, 0.4) is 0 Å². The number of halogens is 1.